The summed E-state index contributed by atoms with van der Waals surface area (Å²) in [4.78, 5) is 20.7. The predicted molar refractivity (Wildman–Crippen MR) is 110 cm³/mol. The van der Waals surface area contributed by atoms with E-state index < -0.39 is 15.8 Å². The molecule has 0 saturated heterocycles. The zero-order chi connectivity index (χ0) is 21.0. The number of sulfonamides is 1. The first-order chi connectivity index (χ1) is 13.8. The number of halogens is 1. The minimum Gasteiger partial charge on any atom is -0.475 e. The maximum absolute atomic E-state index is 12.8. The van der Waals surface area contributed by atoms with Gasteiger partial charge in [0.2, 0.25) is 5.88 Å². The number of pyridine rings is 2. The summed E-state index contributed by atoms with van der Waals surface area (Å²) in [6.45, 7) is 3.68. The van der Waals surface area contributed by atoms with Crippen molar-refractivity contribution in [1.82, 2.24) is 9.97 Å². The molecule has 0 amide bonds. The van der Waals surface area contributed by atoms with Gasteiger partial charge in [-0.05, 0) is 26.0 Å². The molecule has 1 aromatic carbocycles. The highest BCUT2D eigenvalue weighted by Gasteiger charge is 2.22. The van der Waals surface area contributed by atoms with Crippen molar-refractivity contribution < 1.29 is 17.9 Å². The normalized spacial score (nSPS) is 11.3. The summed E-state index contributed by atoms with van der Waals surface area (Å²) in [6.07, 6.45) is 2.35. The number of benzene rings is 1. The van der Waals surface area contributed by atoms with Crippen molar-refractivity contribution in [3.8, 4) is 5.88 Å². The Hall–Kier alpha value is -2.97. The van der Waals surface area contributed by atoms with Crippen LogP contribution in [-0.4, -0.2) is 30.3 Å². The Kier molecular flexibility index (Phi) is 6.14. The first-order valence-electron chi connectivity index (χ1n) is 8.67. The van der Waals surface area contributed by atoms with E-state index in [0.717, 1.165) is 0 Å². The van der Waals surface area contributed by atoms with E-state index in [0.29, 0.717) is 11.4 Å². The van der Waals surface area contributed by atoms with Gasteiger partial charge in [-0.25, -0.2) is 18.4 Å². The summed E-state index contributed by atoms with van der Waals surface area (Å²) < 4.78 is 33.3. The maximum atomic E-state index is 12.8. The first kappa shape index (κ1) is 20.8. The van der Waals surface area contributed by atoms with E-state index in [9.17, 15) is 13.2 Å². The molecule has 0 fully saturated rings. The van der Waals surface area contributed by atoms with Crippen LogP contribution in [0.1, 0.15) is 29.8 Å². The second kappa shape index (κ2) is 8.59. The van der Waals surface area contributed by atoms with Gasteiger partial charge in [0, 0.05) is 17.8 Å². The molecule has 3 aromatic rings. The molecule has 3 rings (SSSR count). The summed E-state index contributed by atoms with van der Waals surface area (Å²) in [5.74, 6) is -0.216. The summed E-state index contributed by atoms with van der Waals surface area (Å²) in [7, 11) is -4.04. The number of hydrogen-bond donors (Lipinski definition) is 1. The molecule has 0 unspecified atom stereocenters. The average Bonchev–Trinajstić information content (AvgIpc) is 2.69. The van der Waals surface area contributed by atoms with Gasteiger partial charge in [0.15, 0.2) is 11.6 Å². The third kappa shape index (κ3) is 5.10. The number of carbonyl (C=O) groups is 1. The van der Waals surface area contributed by atoms with Crippen LogP contribution in [0.4, 0.5) is 5.82 Å². The van der Waals surface area contributed by atoms with E-state index in [4.69, 9.17) is 16.3 Å². The Labute approximate surface area is 173 Å². The Bertz CT molecular complexity index is 1120. The van der Waals surface area contributed by atoms with Gasteiger partial charge in [-0.15, -0.1) is 0 Å². The second-order valence-corrected chi connectivity index (χ2v) is 8.47. The quantitative estimate of drug-likeness (QED) is 0.569. The van der Waals surface area contributed by atoms with Gasteiger partial charge in [0.1, 0.15) is 4.90 Å². The van der Waals surface area contributed by atoms with Crippen molar-refractivity contribution in [2.45, 2.75) is 24.8 Å². The second-order valence-electron chi connectivity index (χ2n) is 6.35. The minimum absolute atomic E-state index is 0.0417. The van der Waals surface area contributed by atoms with E-state index in [-0.39, 0.29) is 27.4 Å². The van der Waals surface area contributed by atoms with Gasteiger partial charge < -0.3 is 4.74 Å². The number of hydrogen-bond acceptors (Lipinski definition) is 6. The number of anilines is 1. The summed E-state index contributed by atoms with van der Waals surface area (Å²) in [6, 6.07) is 12.6. The van der Waals surface area contributed by atoms with Gasteiger partial charge in [0.25, 0.3) is 10.0 Å². The Morgan fingerprint density at radius 1 is 1.07 bits per heavy atom. The van der Waals surface area contributed by atoms with Crippen molar-refractivity contribution in [2.75, 3.05) is 4.72 Å². The van der Waals surface area contributed by atoms with Crippen LogP contribution in [0.3, 0.4) is 0 Å². The lowest BCUT2D eigenvalue weighted by atomic mass is 10.0. The number of nitrogens with zero attached hydrogens (tertiary/aromatic N) is 2. The molecule has 0 atom stereocenters. The van der Waals surface area contributed by atoms with Crippen molar-refractivity contribution in [3.05, 3.63) is 77.1 Å². The Morgan fingerprint density at radius 2 is 1.79 bits per heavy atom. The summed E-state index contributed by atoms with van der Waals surface area (Å²) in [5.41, 5.74) is 0.425. The number of nitrogens with one attached hydrogen (secondary N) is 1. The molecule has 0 aliphatic heterocycles. The van der Waals surface area contributed by atoms with Crippen LogP contribution in [0.2, 0.25) is 5.02 Å². The fraction of sp³-hybridized carbons (Fsp3) is 0.150. The van der Waals surface area contributed by atoms with E-state index in [1.54, 1.807) is 30.3 Å². The molecule has 9 heteroatoms. The molecule has 150 valence electrons. The van der Waals surface area contributed by atoms with Crippen molar-refractivity contribution in [2.24, 2.45) is 0 Å². The topological polar surface area (TPSA) is 98.3 Å². The van der Waals surface area contributed by atoms with E-state index in [2.05, 4.69) is 14.7 Å². The van der Waals surface area contributed by atoms with Crippen LogP contribution in [0, 0.1) is 0 Å². The molecule has 1 N–H and O–H groups in total. The molecule has 0 radical (unpaired) electrons. The number of rotatable bonds is 7. The van der Waals surface area contributed by atoms with E-state index in [1.807, 2.05) is 13.8 Å². The molecule has 2 aromatic heterocycles. The third-order valence-corrected chi connectivity index (χ3v) is 5.27. The van der Waals surface area contributed by atoms with Crippen LogP contribution in [0.5, 0.6) is 5.88 Å². The van der Waals surface area contributed by atoms with Gasteiger partial charge in [-0.2, -0.15) is 0 Å². The van der Waals surface area contributed by atoms with Gasteiger partial charge in [0.05, 0.1) is 22.9 Å². The molecule has 0 saturated carbocycles. The van der Waals surface area contributed by atoms with Gasteiger partial charge in [-0.3, -0.25) is 9.52 Å². The molecule has 2 heterocycles. The average molecular weight is 432 g/mol. The highest BCUT2D eigenvalue weighted by atomic mass is 35.5. The number of ether oxygens (including phenoxy) is 1. The minimum atomic E-state index is -4.04. The van der Waals surface area contributed by atoms with Crippen LogP contribution >= 0.6 is 11.6 Å². The molecule has 0 bridgehead atoms. The molecular weight excluding hydrogens is 414 g/mol. The smallest absolute Gasteiger partial charge is 0.264 e. The first-order valence-corrected chi connectivity index (χ1v) is 10.5. The third-order valence-electron chi connectivity index (χ3n) is 3.74. The fourth-order valence-electron chi connectivity index (χ4n) is 2.46. The van der Waals surface area contributed by atoms with Crippen molar-refractivity contribution >= 4 is 33.2 Å². The lowest BCUT2D eigenvalue weighted by molar-refractivity contribution is 0.103. The molecule has 7 nitrogen and oxygen atoms in total. The highest BCUT2D eigenvalue weighted by Crippen LogP contribution is 2.24. The van der Waals surface area contributed by atoms with Crippen LogP contribution in [0.25, 0.3) is 0 Å². The van der Waals surface area contributed by atoms with Crippen LogP contribution in [0.15, 0.2) is 65.8 Å². The maximum Gasteiger partial charge on any atom is 0.264 e. The monoisotopic (exact) mass is 431 g/mol. The zero-order valence-corrected chi connectivity index (χ0v) is 17.2. The Morgan fingerprint density at radius 3 is 2.41 bits per heavy atom. The standard InChI is InChI=1S/C20H18ClN3O4S/c1-13(2)28-18-9-8-16(12-22-18)29(26,27)24-20-17(10-15(21)11-23-20)19(25)14-6-4-3-5-7-14/h3-13H,1-2H3,(H,23,24). The van der Waals surface area contributed by atoms with E-state index >= 15 is 0 Å². The number of carbonyl (C=O) groups excluding carboxylic acids is 1. The van der Waals surface area contributed by atoms with E-state index in [1.165, 1.54) is 30.6 Å². The van der Waals surface area contributed by atoms with Crippen LogP contribution in [-0.2, 0) is 10.0 Å². The summed E-state index contributed by atoms with van der Waals surface area (Å²) >= 11 is 5.98. The molecular formula is C20H18ClN3O4S. The number of ketones is 1. The number of aromatic nitrogens is 2. The van der Waals surface area contributed by atoms with Gasteiger partial charge in [-0.1, -0.05) is 41.9 Å². The molecule has 0 spiro atoms. The highest BCUT2D eigenvalue weighted by molar-refractivity contribution is 7.92. The molecule has 0 aliphatic carbocycles. The largest absolute Gasteiger partial charge is 0.475 e. The molecule has 0 aliphatic rings. The van der Waals surface area contributed by atoms with Crippen molar-refractivity contribution in [3.63, 3.8) is 0 Å². The predicted octanol–water partition coefficient (Wildman–Crippen LogP) is 3.95. The zero-order valence-electron chi connectivity index (χ0n) is 15.7. The fourth-order valence-corrected chi connectivity index (χ4v) is 3.59. The lowest BCUT2D eigenvalue weighted by Crippen LogP contribution is -2.17. The van der Waals surface area contributed by atoms with Crippen LogP contribution < -0.4 is 9.46 Å². The van der Waals surface area contributed by atoms with Gasteiger partial charge >= 0.3 is 0 Å². The van der Waals surface area contributed by atoms with Crippen molar-refractivity contribution in [1.29, 1.82) is 0 Å². The Balaban J connectivity index is 1.92. The summed E-state index contributed by atoms with van der Waals surface area (Å²) in [5, 5.41) is 0.212. The molecule has 29 heavy (non-hydrogen) atoms. The SMILES string of the molecule is CC(C)Oc1ccc(S(=O)(=O)Nc2ncc(Cl)cc2C(=O)c2ccccc2)cn1. The lowest BCUT2D eigenvalue weighted by Gasteiger charge is -2.12.